The van der Waals surface area contributed by atoms with E-state index in [1.807, 2.05) is 44.2 Å². The van der Waals surface area contributed by atoms with Crippen molar-refractivity contribution in [2.75, 3.05) is 5.32 Å². The van der Waals surface area contributed by atoms with Gasteiger partial charge >= 0.3 is 0 Å². The highest BCUT2D eigenvalue weighted by Gasteiger charge is 2.18. The summed E-state index contributed by atoms with van der Waals surface area (Å²) in [5, 5.41) is 8.34. The Balaban J connectivity index is 1.58. The number of amides is 1. The van der Waals surface area contributed by atoms with E-state index in [2.05, 4.69) is 10.4 Å². The first-order valence-corrected chi connectivity index (χ1v) is 10.6. The van der Waals surface area contributed by atoms with Crippen LogP contribution in [0.4, 0.5) is 5.69 Å². The van der Waals surface area contributed by atoms with Gasteiger partial charge in [-0.05, 0) is 61.9 Å². The lowest BCUT2D eigenvalue weighted by molar-refractivity contribution is 0.102. The molecule has 1 heterocycles. The second-order valence-corrected chi connectivity index (χ2v) is 8.28. The number of ether oxygens (including phenoxy) is 1. The molecule has 4 rings (SSSR count). The lowest BCUT2D eigenvalue weighted by atomic mass is 10.1. The molecule has 1 N–H and O–H groups in total. The molecule has 0 saturated heterocycles. The normalized spacial score (nSPS) is 14.4. The predicted molar refractivity (Wildman–Crippen MR) is 118 cm³/mol. The van der Waals surface area contributed by atoms with Gasteiger partial charge in [0.15, 0.2) is 5.69 Å². The zero-order chi connectivity index (χ0) is 21.1. The van der Waals surface area contributed by atoms with Crippen LogP contribution in [-0.2, 0) is 6.54 Å². The summed E-state index contributed by atoms with van der Waals surface area (Å²) in [4.78, 5) is 25.8. The number of nitrogens with one attached hydrogen (secondary N) is 1. The molecular formula is C24H27N3O3. The summed E-state index contributed by atoms with van der Waals surface area (Å²) >= 11 is 0. The average molecular weight is 405 g/mol. The highest BCUT2D eigenvalue weighted by molar-refractivity contribution is 6.11. The monoisotopic (exact) mass is 405 g/mol. The molecule has 6 heteroatoms. The van der Waals surface area contributed by atoms with E-state index in [-0.39, 0.29) is 23.1 Å². The maximum atomic E-state index is 13.0. The van der Waals surface area contributed by atoms with E-state index in [9.17, 15) is 9.59 Å². The second kappa shape index (κ2) is 8.69. The van der Waals surface area contributed by atoms with Crippen molar-refractivity contribution in [2.45, 2.75) is 52.2 Å². The third-order valence-electron chi connectivity index (χ3n) is 5.34. The maximum Gasteiger partial charge on any atom is 0.276 e. The van der Waals surface area contributed by atoms with Crippen molar-refractivity contribution in [3.05, 3.63) is 64.6 Å². The van der Waals surface area contributed by atoms with Crippen molar-refractivity contribution >= 4 is 22.4 Å². The van der Waals surface area contributed by atoms with E-state index in [1.165, 1.54) is 17.5 Å². The molecule has 0 unspecified atom stereocenters. The van der Waals surface area contributed by atoms with E-state index >= 15 is 0 Å². The Morgan fingerprint density at radius 2 is 1.77 bits per heavy atom. The van der Waals surface area contributed by atoms with Crippen LogP contribution in [-0.4, -0.2) is 21.8 Å². The highest BCUT2D eigenvalue weighted by atomic mass is 16.5. The molecule has 6 nitrogen and oxygen atoms in total. The Morgan fingerprint density at radius 1 is 1.10 bits per heavy atom. The summed E-state index contributed by atoms with van der Waals surface area (Å²) in [6.07, 6.45) is 4.94. The lowest BCUT2D eigenvalue weighted by Crippen LogP contribution is -2.29. The van der Waals surface area contributed by atoms with Crippen LogP contribution in [0.1, 0.15) is 50.0 Å². The van der Waals surface area contributed by atoms with Gasteiger partial charge in [0.1, 0.15) is 5.75 Å². The minimum atomic E-state index is -0.340. The Hall–Kier alpha value is -3.15. The number of hydrogen-bond acceptors (Lipinski definition) is 4. The molecule has 30 heavy (non-hydrogen) atoms. The summed E-state index contributed by atoms with van der Waals surface area (Å²) in [5.74, 6) is 0.710. The fraction of sp³-hybridized carbons (Fsp3) is 0.375. The number of carbonyl (C=O) groups is 1. The number of fused-ring (bicyclic) bond motifs is 1. The Labute approximate surface area is 175 Å². The zero-order valence-electron chi connectivity index (χ0n) is 17.4. The average Bonchev–Trinajstić information content (AvgIpc) is 3.24. The van der Waals surface area contributed by atoms with Crippen LogP contribution < -0.4 is 15.6 Å². The number of anilines is 1. The van der Waals surface area contributed by atoms with E-state index in [4.69, 9.17) is 4.74 Å². The van der Waals surface area contributed by atoms with Gasteiger partial charge in [-0.2, -0.15) is 5.10 Å². The molecule has 1 aliphatic rings. The summed E-state index contributed by atoms with van der Waals surface area (Å²) < 4.78 is 7.37. The first-order chi connectivity index (χ1) is 14.5. The van der Waals surface area contributed by atoms with Crippen molar-refractivity contribution in [3.8, 4) is 5.75 Å². The van der Waals surface area contributed by atoms with E-state index in [0.29, 0.717) is 29.1 Å². The van der Waals surface area contributed by atoms with Crippen molar-refractivity contribution < 1.29 is 9.53 Å². The van der Waals surface area contributed by atoms with Gasteiger partial charge in [0.2, 0.25) is 0 Å². The molecule has 156 valence electrons. The van der Waals surface area contributed by atoms with Gasteiger partial charge in [0.25, 0.3) is 11.5 Å². The lowest BCUT2D eigenvalue weighted by Gasteiger charge is -2.14. The minimum absolute atomic E-state index is 0.177. The highest BCUT2D eigenvalue weighted by Crippen LogP contribution is 2.25. The standard InChI is InChI=1S/C24H27N3O3/c1-16(2)15-27-24(29)21-10-6-5-9-20(21)22(26-27)23(28)25-17-11-13-19(14-12-17)30-18-7-3-4-8-18/h5-6,9-14,16,18H,3-4,7-8,15H2,1-2H3,(H,25,28). The number of aromatic nitrogens is 2. The number of benzene rings is 2. The fourth-order valence-electron chi connectivity index (χ4n) is 3.88. The van der Waals surface area contributed by atoms with Gasteiger partial charge in [0, 0.05) is 17.6 Å². The number of nitrogens with zero attached hydrogens (tertiary/aromatic N) is 2. The van der Waals surface area contributed by atoms with Crippen LogP contribution in [0, 0.1) is 5.92 Å². The molecule has 0 atom stereocenters. The maximum absolute atomic E-state index is 13.0. The zero-order valence-corrected chi connectivity index (χ0v) is 17.4. The molecule has 0 spiro atoms. The van der Waals surface area contributed by atoms with Crippen molar-refractivity contribution in [3.63, 3.8) is 0 Å². The SMILES string of the molecule is CC(C)Cn1nc(C(=O)Nc2ccc(OC3CCCC3)cc2)c2ccccc2c1=O. The van der Waals surface area contributed by atoms with Gasteiger partial charge in [-0.3, -0.25) is 9.59 Å². The van der Waals surface area contributed by atoms with E-state index in [0.717, 1.165) is 18.6 Å². The molecule has 0 aliphatic heterocycles. The molecule has 0 bridgehead atoms. The van der Waals surface area contributed by atoms with E-state index < -0.39 is 0 Å². The van der Waals surface area contributed by atoms with Crippen LogP contribution in [0.15, 0.2) is 53.3 Å². The molecule has 1 amide bonds. The topological polar surface area (TPSA) is 73.2 Å². The third kappa shape index (κ3) is 4.37. The molecule has 1 aromatic heterocycles. The second-order valence-electron chi connectivity index (χ2n) is 8.28. The summed E-state index contributed by atoms with van der Waals surface area (Å²) in [6, 6.07) is 14.5. The quantitative estimate of drug-likeness (QED) is 0.649. The minimum Gasteiger partial charge on any atom is -0.490 e. The van der Waals surface area contributed by atoms with E-state index in [1.54, 1.807) is 18.2 Å². The number of rotatable bonds is 6. The molecule has 1 fully saturated rings. The fourth-order valence-corrected chi connectivity index (χ4v) is 3.88. The Bertz CT molecular complexity index is 1100. The molecular weight excluding hydrogens is 378 g/mol. The predicted octanol–water partition coefficient (Wildman–Crippen LogP) is 4.63. The number of carbonyl (C=O) groups excluding carboxylic acids is 1. The molecule has 2 aromatic carbocycles. The summed E-state index contributed by atoms with van der Waals surface area (Å²) in [5.41, 5.74) is 0.729. The molecule has 0 radical (unpaired) electrons. The van der Waals surface area contributed by atoms with Crippen LogP contribution in [0.5, 0.6) is 5.75 Å². The van der Waals surface area contributed by atoms with Gasteiger partial charge in [0.05, 0.1) is 11.5 Å². The summed E-state index contributed by atoms with van der Waals surface area (Å²) in [6.45, 7) is 4.48. The first kappa shape index (κ1) is 20.1. The molecule has 1 saturated carbocycles. The van der Waals surface area contributed by atoms with Crippen LogP contribution in [0.25, 0.3) is 10.8 Å². The van der Waals surface area contributed by atoms with Gasteiger partial charge in [-0.15, -0.1) is 0 Å². The van der Waals surface area contributed by atoms with Gasteiger partial charge in [-0.1, -0.05) is 32.0 Å². The summed E-state index contributed by atoms with van der Waals surface area (Å²) in [7, 11) is 0. The van der Waals surface area contributed by atoms with Crippen LogP contribution in [0.2, 0.25) is 0 Å². The Kier molecular flexibility index (Phi) is 5.84. The van der Waals surface area contributed by atoms with Gasteiger partial charge in [-0.25, -0.2) is 4.68 Å². The number of hydrogen-bond donors (Lipinski definition) is 1. The van der Waals surface area contributed by atoms with Crippen molar-refractivity contribution in [1.29, 1.82) is 0 Å². The van der Waals surface area contributed by atoms with Crippen LogP contribution >= 0.6 is 0 Å². The largest absolute Gasteiger partial charge is 0.490 e. The first-order valence-electron chi connectivity index (χ1n) is 10.6. The Morgan fingerprint density at radius 3 is 2.43 bits per heavy atom. The van der Waals surface area contributed by atoms with Crippen molar-refractivity contribution in [1.82, 2.24) is 9.78 Å². The third-order valence-corrected chi connectivity index (χ3v) is 5.34. The van der Waals surface area contributed by atoms with Gasteiger partial charge < -0.3 is 10.1 Å². The smallest absolute Gasteiger partial charge is 0.276 e. The van der Waals surface area contributed by atoms with Crippen molar-refractivity contribution in [2.24, 2.45) is 5.92 Å². The molecule has 3 aromatic rings. The molecule has 1 aliphatic carbocycles. The van der Waals surface area contributed by atoms with Crippen LogP contribution in [0.3, 0.4) is 0 Å².